The molecule has 0 aliphatic heterocycles. The molecule has 8 rings (SSSR count). The number of thiophene rings is 1. The van der Waals surface area contributed by atoms with Gasteiger partial charge in [0.15, 0.2) is 5.58 Å². The number of hydrogen-bond donors (Lipinski definition) is 0. The summed E-state index contributed by atoms with van der Waals surface area (Å²) in [5.74, 6) is 0. The first-order valence-electron chi connectivity index (χ1n) is 12.5. The first-order valence-corrected chi connectivity index (χ1v) is 13.3. The molecule has 0 saturated carbocycles. The molecule has 174 valence electrons. The zero-order chi connectivity index (χ0) is 24.3. The highest BCUT2D eigenvalue weighted by Gasteiger charge is 2.21. The second-order valence-corrected chi connectivity index (χ2v) is 10.4. The molecule has 0 saturated heterocycles. The van der Waals surface area contributed by atoms with Crippen molar-refractivity contribution in [3.8, 4) is 0 Å². The normalized spacial score (nSPS) is 11.8. The van der Waals surface area contributed by atoms with Crippen molar-refractivity contribution < 1.29 is 4.42 Å². The molecule has 0 aliphatic rings. The third-order valence-corrected chi connectivity index (χ3v) is 8.43. The van der Waals surface area contributed by atoms with Crippen LogP contribution < -0.4 is 4.90 Å². The molecule has 2 aromatic heterocycles. The van der Waals surface area contributed by atoms with E-state index < -0.39 is 0 Å². The Balaban J connectivity index is 1.46. The fourth-order valence-corrected chi connectivity index (χ4v) is 6.90. The molecular weight excluding hydrogens is 470 g/mol. The topological polar surface area (TPSA) is 16.4 Å². The van der Waals surface area contributed by atoms with E-state index in [2.05, 4.69) is 132 Å². The van der Waals surface area contributed by atoms with Crippen molar-refractivity contribution in [2.75, 3.05) is 4.90 Å². The van der Waals surface area contributed by atoms with Crippen LogP contribution in [0.2, 0.25) is 0 Å². The van der Waals surface area contributed by atoms with E-state index in [1.807, 2.05) is 11.3 Å². The number of furan rings is 1. The lowest BCUT2D eigenvalue weighted by molar-refractivity contribution is 0.669. The highest BCUT2D eigenvalue weighted by molar-refractivity contribution is 7.27. The molecule has 0 N–H and O–H groups in total. The summed E-state index contributed by atoms with van der Waals surface area (Å²) >= 11 is 1.86. The van der Waals surface area contributed by atoms with Gasteiger partial charge in [-0.3, -0.25) is 0 Å². The van der Waals surface area contributed by atoms with Gasteiger partial charge in [-0.05, 0) is 59.3 Å². The van der Waals surface area contributed by atoms with Gasteiger partial charge < -0.3 is 9.32 Å². The summed E-state index contributed by atoms with van der Waals surface area (Å²) in [5, 5.41) is 7.54. The van der Waals surface area contributed by atoms with Crippen LogP contribution in [0.15, 0.2) is 132 Å². The Morgan fingerprint density at radius 3 is 2.00 bits per heavy atom. The van der Waals surface area contributed by atoms with Crippen molar-refractivity contribution in [3.05, 3.63) is 127 Å². The first-order chi connectivity index (χ1) is 18.4. The fraction of sp³-hybridized carbons (Fsp3) is 0. The maximum Gasteiger partial charge on any atom is 0.159 e. The minimum Gasteiger partial charge on any atom is -0.454 e. The Morgan fingerprint density at radius 1 is 0.514 bits per heavy atom. The van der Waals surface area contributed by atoms with E-state index >= 15 is 0 Å². The Bertz CT molecular complexity index is 2050. The van der Waals surface area contributed by atoms with Crippen molar-refractivity contribution in [3.63, 3.8) is 0 Å². The molecule has 2 nitrogen and oxygen atoms in total. The quantitative estimate of drug-likeness (QED) is 0.244. The number of para-hydroxylation sites is 3. The molecule has 0 atom stereocenters. The summed E-state index contributed by atoms with van der Waals surface area (Å²) in [6, 6.07) is 45.0. The minimum atomic E-state index is 0.903. The summed E-state index contributed by atoms with van der Waals surface area (Å²) < 4.78 is 9.25. The molecule has 2 heterocycles. The number of nitrogens with zero attached hydrogens (tertiary/aromatic N) is 1. The predicted molar refractivity (Wildman–Crippen MR) is 159 cm³/mol. The van der Waals surface area contributed by atoms with Gasteiger partial charge in [0.2, 0.25) is 0 Å². The van der Waals surface area contributed by atoms with Crippen LogP contribution in [-0.4, -0.2) is 0 Å². The molecule has 0 aliphatic carbocycles. The lowest BCUT2D eigenvalue weighted by Gasteiger charge is -2.25. The van der Waals surface area contributed by atoms with Crippen LogP contribution in [0.25, 0.3) is 52.9 Å². The Hall–Kier alpha value is -4.60. The number of fused-ring (bicyclic) bond motifs is 9. The standard InChI is InChI=1S/C34H21NOS/c1-3-11-23(12-4-1)35(24-13-5-2-6-14-24)28-17-9-16-26-32-29(36-33(26)28)20-19-27-31-25-15-8-7-10-22(25)18-21-30(31)37-34(27)32/h1-21H. The monoisotopic (exact) mass is 491 g/mol. The zero-order valence-electron chi connectivity index (χ0n) is 19.9. The fourth-order valence-electron chi connectivity index (χ4n) is 5.63. The average Bonchev–Trinajstić information content (AvgIpc) is 3.53. The van der Waals surface area contributed by atoms with E-state index in [0.29, 0.717) is 0 Å². The molecular formula is C34H21NOS. The highest BCUT2D eigenvalue weighted by Crippen LogP contribution is 2.47. The van der Waals surface area contributed by atoms with E-state index in [1.54, 1.807) is 0 Å². The lowest BCUT2D eigenvalue weighted by atomic mass is 10.0. The highest BCUT2D eigenvalue weighted by atomic mass is 32.1. The maximum atomic E-state index is 6.66. The van der Waals surface area contributed by atoms with Crippen LogP contribution in [-0.2, 0) is 0 Å². The van der Waals surface area contributed by atoms with Gasteiger partial charge >= 0.3 is 0 Å². The number of anilines is 3. The second kappa shape index (κ2) is 7.95. The molecule has 0 amide bonds. The van der Waals surface area contributed by atoms with Gasteiger partial charge in [0.25, 0.3) is 0 Å². The van der Waals surface area contributed by atoms with Gasteiger partial charge in [0, 0.05) is 42.3 Å². The lowest BCUT2D eigenvalue weighted by Crippen LogP contribution is -2.09. The Morgan fingerprint density at radius 2 is 1.22 bits per heavy atom. The molecule has 0 fully saturated rings. The van der Waals surface area contributed by atoms with Crippen molar-refractivity contribution in [1.29, 1.82) is 0 Å². The summed E-state index contributed by atoms with van der Waals surface area (Å²) in [6.45, 7) is 0. The number of rotatable bonds is 3. The largest absolute Gasteiger partial charge is 0.454 e. The van der Waals surface area contributed by atoms with Crippen LogP contribution in [0.3, 0.4) is 0 Å². The Labute approximate surface area is 217 Å². The molecule has 37 heavy (non-hydrogen) atoms. The second-order valence-electron chi connectivity index (χ2n) is 9.34. The van der Waals surface area contributed by atoms with Crippen molar-refractivity contribution in [1.82, 2.24) is 0 Å². The van der Waals surface area contributed by atoms with E-state index in [1.165, 1.54) is 36.3 Å². The van der Waals surface area contributed by atoms with Crippen molar-refractivity contribution in [2.45, 2.75) is 0 Å². The van der Waals surface area contributed by atoms with Gasteiger partial charge in [-0.15, -0.1) is 11.3 Å². The zero-order valence-corrected chi connectivity index (χ0v) is 20.7. The van der Waals surface area contributed by atoms with Gasteiger partial charge in [0.1, 0.15) is 5.58 Å². The molecule has 0 radical (unpaired) electrons. The van der Waals surface area contributed by atoms with Crippen LogP contribution in [0, 0.1) is 0 Å². The van der Waals surface area contributed by atoms with E-state index in [-0.39, 0.29) is 0 Å². The summed E-state index contributed by atoms with van der Waals surface area (Å²) in [4.78, 5) is 2.28. The van der Waals surface area contributed by atoms with Gasteiger partial charge in [-0.25, -0.2) is 0 Å². The van der Waals surface area contributed by atoms with E-state index in [4.69, 9.17) is 4.42 Å². The van der Waals surface area contributed by atoms with Crippen LogP contribution in [0.5, 0.6) is 0 Å². The third kappa shape index (κ3) is 3.05. The molecule has 0 unspecified atom stereocenters. The van der Waals surface area contributed by atoms with Gasteiger partial charge in [-0.1, -0.05) is 78.9 Å². The maximum absolute atomic E-state index is 6.66. The minimum absolute atomic E-state index is 0.903. The van der Waals surface area contributed by atoms with Gasteiger partial charge in [0.05, 0.1) is 5.69 Å². The van der Waals surface area contributed by atoms with Crippen molar-refractivity contribution >= 4 is 81.3 Å². The first kappa shape index (κ1) is 20.6. The van der Waals surface area contributed by atoms with Crippen LogP contribution in [0.4, 0.5) is 17.1 Å². The average molecular weight is 492 g/mol. The van der Waals surface area contributed by atoms with Gasteiger partial charge in [-0.2, -0.15) is 0 Å². The van der Waals surface area contributed by atoms with Crippen LogP contribution >= 0.6 is 11.3 Å². The van der Waals surface area contributed by atoms with E-state index in [9.17, 15) is 0 Å². The molecule has 3 heteroatoms. The van der Waals surface area contributed by atoms with E-state index in [0.717, 1.165) is 33.6 Å². The summed E-state index contributed by atoms with van der Waals surface area (Å²) in [7, 11) is 0. The third-order valence-electron chi connectivity index (χ3n) is 7.24. The Kier molecular flexibility index (Phi) is 4.42. The molecule has 0 spiro atoms. The summed E-state index contributed by atoms with van der Waals surface area (Å²) in [5.41, 5.74) is 5.05. The number of benzene rings is 6. The van der Waals surface area contributed by atoms with Crippen molar-refractivity contribution in [2.24, 2.45) is 0 Å². The molecule has 8 aromatic rings. The molecule has 0 bridgehead atoms. The SMILES string of the molecule is c1ccc(N(c2ccccc2)c2cccc3c2oc2ccc4c(sc5ccc6ccccc6c54)c23)cc1. The van der Waals surface area contributed by atoms with Crippen LogP contribution in [0.1, 0.15) is 0 Å². The molecule has 6 aromatic carbocycles. The number of hydrogen-bond acceptors (Lipinski definition) is 3. The predicted octanol–water partition coefficient (Wildman–Crippen LogP) is 10.6. The smallest absolute Gasteiger partial charge is 0.159 e. The summed E-state index contributed by atoms with van der Waals surface area (Å²) in [6.07, 6.45) is 0.